The molecule has 1 saturated carbocycles. The monoisotopic (exact) mass is 282 g/mol. The Morgan fingerprint density at radius 3 is 2.50 bits per heavy atom. The first-order valence-electron chi connectivity index (χ1n) is 7.86. The van der Waals surface area contributed by atoms with Crippen molar-refractivity contribution in [3.63, 3.8) is 0 Å². The molecule has 0 aromatic rings. The second kappa shape index (κ2) is 7.65. The first kappa shape index (κ1) is 17.0. The normalized spacial score (nSPS) is 23.2. The Bertz CT molecular complexity index is 334. The highest BCUT2D eigenvalue weighted by molar-refractivity contribution is 5.81. The van der Waals surface area contributed by atoms with Crippen molar-refractivity contribution >= 4 is 11.8 Å². The van der Waals surface area contributed by atoms with Gasteiger partial charge in [-0.1, -0.05) is 40.5 Å². The largest absolute Gasteiger partial charge is 0.356 e. The molecule has 2 atom stereocenters. The SMILES string of the molecule is CC1CCCC(NC(=O)CCCNC(=O)C(C)(C)C)C1. The number of rotatable bonds is 5. The van der Waals surface area contributed by atoms with Gasteiger partial charge in [0.2, 0.25) is 11.8 Å². The van der Waals surface area contributed by atoms with E-state index in [1.165, 1.54) is 12.8 Å². The summed E-state index contributed by atoms with van der Waals surface area (Å²) >= 11 is 0. The lowest BCUT2D eigenvalue weighted by molar-refractivity contribution is -0.128. The van der Waals surface area contributed by atoms with E-state index in [-0.39, 0.29) is 17.2 Å². The van der Waals surface area contributed by atoms with Crippen molar-refractivity contribution in [1.82, 2.24) is 10.6 Å². The van der Waals surface area contributed by atoms with Crippen molar-refractivity contribution in [1.29, 1.82) is 0 Å². The van der Waals surface area contributed by atoms with Crippen LogP contribution in [-0.2, 0) is 9.59 Å². The third-order valence-corrected chi connectivity index (χ3v) is 3.85. The number of amides is 2. The lowest BCUT2D eigenvalue weighted by atomic mass is 9.87. The first-order chi connectivity index (χ1) is 9.29. The van der Waals surface area contributed by atoms with Crippen molar-refractivity contribution in [3.8, 4) is 0 Å². The minimum atomic E-state index is -0.361. The summed E-state index contributed by atoms with van der Waals surface area (Å²) in [4.78, 5) is 23.5. The molecule has 0 radical (unpaired) electrons. The molecule has 1 aliphatic carbocycles. The lowest BCUT2D eigenvalue weighted by Gasteiger charge is -2.27. The van der Waals surface area contributed by atoms with Crippen LogP contribution in [0.25, 0.3) is 0 Å². The summed E-state index contributed by atoms with van der Waals surface area (Å²) in [6.07, 6.45) is 5.91. The predicted molar refractivity (Wildman–Crippen MR) is 81.3 cm³/mol. The topological polar surface area (TPSA) is 58.2 Å². The molecule has 0 heterocycles. The average molecular weight is 282 g/mol. The van der Waals surface area contributed by atoms with E-state index in [0.717, 1.165) is 18.8 Å². The standard InChI is InChI=1S/C16H30N2O2/c1-12-7-5-8-13(11-12)18-14(19)9-6-10-17-15(20)16(2,3)4/h12-13H,5-11H2,1-4H3,(H,17,20)(H,18,19). The van der Waals surface area contributed by atoms with E-state index in [1.54, 1.807) is 0 Å². The molecule has 0 bridgehead atoms. The second-order valence-electron chi connectivity index (χ2n) is 7.15. The summed E-state index contributed by atoms with van der Waals surface area (Å²) in [5, 5.41) is 5.99. The van der Waals surface area contributed by atoms with Crippen molar-refractivity contribution in [3.05, 3.63) is 0 Å². The van der Waals surface area contributed by atoms with Gasteiger partial charge in [0, 0.05) is 24.4 Å². The van der Waals surface area contributed by atoms with E-state index in [9.17, 15) is 9.59 Å². The van der Waals surface area contributed by atoms with Crippen LogP contribution in [0.15, 0.2) is 0 Å². The maximum atomic E-state index is 11.8. The Balaban J connectivity index is 2.13. The molecule has 1 aliphatic rings. The van der Waals surface area contributed by atoms with E-state index in [0.29, 0.717) is 25.4 Å². The fourth-order valence-electron chi connectivity index (χ4n) is 2.58. The van der Waals surface area contributed by atoms with E-state index in [2.05, 4.69) is 17.6 Å². The van der Waals surface area contributed by atoms with Crippen LogP contribution in [0.4, 0.5) is 0 Å². The van der Waals surface area contributed by atoms with Gasteiger partial charge in [-0.05, 0) is 25.2 Å². The fraction of sp³-hybridized carbons (Fsp3) is 0.875. The highest BCUT2D eigenvalue weighted by Gasteiger charge is 2.21. The number of nitrogens with one attached hydrogen (secondary N) is 2. The zero-order chi connectivity index (χ0) is 15.2. The molecule has 1 fully saturated rings. The Morgan fingerprint density at radius 1 is 1.20 bits per heavy atom. The maximum absolute atomic E-state index is 11.8. The molecule has 0 spiro atoms. The molecule has 0 saturated heterocycles. The third-order valence-electron chi connectivity index (χ3n) is 3.85. The van der Waals surface area contributed by atoms with Crippen LogP contribution in [0.1, 0.15) is 66.2 Å². The molecule has 20 heavy (non-hydrogen) atoms. The molecular formula is C16H30N2O2. The molecule has 1 rings (SSSR count). The van der Waals surface area contributed by atoms with Gasteiger partial charge in [-0.15, -0.1) is 0 Å². The van der Waals surface area contributed by atoms with E-state index in [4.69, 9.17) is 0 Å². The summed E-state index contributed by atoms with van der Waals surface area (Å²) < 4.78 is 0. The lowest BCUT2D eigenvalue weighted by Crippen LogP contribution is -2.39. The van der Waals surface area contributed by atoms with Crippen LogP contribution in [0, 0.1) is 11.3 Å². The Labute approximate surface area is 123 Å². The summed E-state index contributed by atoms with van der Waals surface area (Å²) in [5.74, 6) is 0.883. The molecule has 0 aromatic heterocycles. The highest BCUT2D eigenvalue weighted by atomic mass is 16.2. The number of hydrogen-bond acceptors (Lipinski definition) is 2. The van der Waals surface area contributed by atoms with Gasteiger partial charge in [-0.3, -0.25) is 9.59 Å². The minimum Gasteiger partial charge on any atom is -0.356 e. The van der Waals surface area contributed by atoms with Gasteiger partial charge in [0.05, 0.1) is 0 Å². The van der Waals surface area contributed by atoms with Crippen LogP contribution >= 0.6 is 0 Å². The summed E-state index contributed by atoms with van der Waals surface area (Å²) in [5.41, 5.74) is -0.361. The van der Waals surface area contributed by atoms with Gasteiger partial charge in [0.15, 0.2) is 0 Å². The van der Waals surface area contributed by atoms with Crippen molar-refractivity contribution < 1.29 is 9.59 Å². The fourth-order valence-corrected chi connectivity index (χ4v) is 2.58. The van der Waals surface area contributed by atoms with Gasteiger partial charge >= 0.3 is 0 Å². The molecule has 4 heteroatoms. The number of hydrogen-bond donors (Lipinski definition) is 2. The van der Waals surface area contributed by atoms with Crippen molar-refractivity contribution in [2.24, 2.45) is 11.3 Å². The molecule has 116 valence electrons. The van der Waals surface area contributed by atoms with Crippen LogP contribution in [0.5, 0.6) is 0 Å². The van der Waals surface area contributed by atoms with E-state index >= 15 is 0 Å². The van der Waals surface area contributed by atoms with E-state index < -0.39 is 0 Å². The minimum absolute atomic E-state index is 0.0408. The van der Waals surface area contributed by atoms with Gasteiger partial charge in [0.1, 0.15) is 0 Å². The van der Waals surface area contributed by atoms with Crippen molar-refractivity contribution in [2.75, 3.05) is 6.54 Å². The molecule has 0 aliphatic heterocycles. The molecular weight excluding hydrogens is 252 g/mol. The summed E-state index contributed by atoms with van der Waals surface area (Å²) in [7, 11) is 0. The first-order valence-corrected chi connectivity index (χ1v) is 7.86. The van der Waals surface area contributed by atoms with Gasteiger partial charge in [0.25, 0.3) is 0 Å². The molecule has 4 nitrogen and oxygen atoms in total. The van der Waals surface area contributed by atoms with Crippen LogP contribution in [0.3, 0.4) is 0 Å². The molecule has 0 aromatic carbocycles. The average Bonchev–Trinajstić information content (AvgIpc) is 2.33. The van der Waals surface area contributed by atoms with Gasteiger partial charge in [-0.25, -0.2) is 0 Å². The Kier molecular flexibility index (Phi) is 6.50. The molecule has 2 unspecified atom stereocenters. The number of carbonyl (C=O) groups is 2. The quantitative estimate of drug-likeness (QED) is 0.762. The van der Waals surface area contributed by atoms with Crippen LogP contribution < -0.4 is 10.6 Å². The molecule has 2 N–H and O–H groups in total. The summed E-state index contributed by atoms with van der Waals surface area (Å²) in [6, 6.07) is 0.357. The Morgan fingerprint density at radius 2 is 1.90 bits per heavy atom. The highest BCUT2D eigenvalue weighted by Crippen LogP contribution is 2.23. The third kappa shape index (κ3) is 6.40. The smallest absolute Gasteiger partial charge is 0.225 e. The van der Waals surface area contributed by atoms with Gasteiger partial charge < -0.3 is 10.6 Å². The van der Waals surface area contributed by atoms with Gasteiger partial charge in [-0.2, -0.15) is 0 Å². The zero-order valence-corrected chi connectivity index (χ0v) is 13.4. The van der Waals surface area contributed by atoms with Crippen LogP contribution in [-0.4, -0.2) is 24.4 Å². The van der Waals surface area contributed by atoms with E-state index in [1.807, 2.05) is 20.8 Å². The summed E-state index contributed by atoms with van der Waals surface area (Å²) in [6.45, 7) is 8.49. The zero-order valence-electron chi connectivity index (χ0n) is 13.4. The Hall–Kier alpha value is -1.06. The predicted octanol–water partition coefficient (Wildman–Crippen LogP) is 2.62. The van der Waals surface area contributed by atoms with Crippen LogP contribution in [0.2, 0.25) is 0 Å². The second-order valence-corrected chi connectivity index (χ2v) is 7.15. The maximum Gasteiger partial charge on any atom is 0.225 e. The molecule has 2 amide bonds. The number of carbonyl (C=O) groups excluding carboxylic acids is 2. The van der Waals surface area contributed by atoms with Crippen molar-refractivity contribution in [2.45, 2.75) is 72.3 Å².